The Morgan fingerprint density at radius 1 is 1.25 bits per heavy atom. The molecule has 0 fully saturated rings. The average Bonchev–Trinajstić information content (AvgIpc) is 2.90. The van der Waals surface area contributed by atoms with Crippen LogP contribution in [0.3, 0.4) is 0 Å². The molecule has 0 saturated carbocycles. The Morgan fingerprint density at radius 2 is 2.00 bits per heavy atom. The molecule has 1 heterocycles. The molecule has 106 valence electrons. The quantitative estimate of drug-likeness (QED) is 0.867. The van der Waals surface area contributed by atoms with Crippen LogP contribution in [-0.4, -0.2) is 32.0 Å². The first-order valence-corrected chi connectivity index (χ1v) is 6.32. The molecule has 0 aliphatic carbocycles. The van der Waals surface area contributed by atoms with Crippen molar-refractivity contribution in [2.24, 2.45) is 0 Å². The monoisotopic (exact) mass is 273 g/mol. The summed E-state index contributed by atoms with van der Waals surface area (Å²) < 4.78 is 5.02. The third-order valence-electron chi connectivity index (χ3n) is 3.08. The van der Waals surface area contributed by atoms with Crippen LogP contribution in [-0.2, 0) is 6.54 Å². The van der Waals surface area contributed by atoms with Crippen LogP contribution in [0.5, 0.6) is 0 Å². The molecule has 0 spiro atoms. The van der Waals surface area contributed by atoms with E-state index in [1.54, 1.807) is 36.6 Å². The first kappa shape index (κ1) is 14.0. The Balaban J connectivity index is 2.25. The summed E-state index contributed by atoms with van der Waals surface area (Å²) in [5.41, 5.74) is 8.78. The number of hydrogen-bond acceptors (Lipinski definition) is 4. The first-order valence-electron chi connectivity index (χ1n) is 6.32. The lowest BCUT2D eigenvalue weighted by Crippen LogP contribution is -2.28. The Hall–Kier alpha value is -2.43. The zero-order chi connectivity index (χ0) is 14.7. The first-order chi connectivity index (χ1) is 9.49. The van der Waals surface area contributed by atoms with E-state index < -0.39 is 0 Å². The molecule has 1 aromatic heterocycles. The topological polar surface area (TPSA) is 62.7 Å². The number of carbonyl (C=O) groups is 1. The highest BCUT2D eigenvalue weighted by Crippen LogP contribution is 2.23. The normalized spacial score (nSPS) is 10.3. The van der Waals surface area contributed by atoms with Gasteiger partial charge in [0.25, 0.3) is 5.91 Å². The van der Waals surface area contributed by atoms with Crippen LogP contribution >= 0.6 is 0 Å². The fourth-order valence-corrected chi connectivity index (χ4v) is 2.05. The van der Waals surface area contributed by atoms with Gasteiger partial charge in [0.05, 0.1) is 18.1 Å². The Labute approximate surface area is 118 Å². The molecule has 0 atom stereocenters. The van der Waals surface area contributed by atoms with E-state index in [2.05, 4.69) is 0 Å². The largest absolute Gasteiger partial charge is 0.472 e. The van der Waals surface area contributed by atoms with Crippen molar-refractivity contribution < 1.29 is 9.21 Å². The summed E-state index contributed by atoms with van der Waals surface area (Å²) in [5, 5.41) is 0. The lowest BCUT2D eigenvalue weighted by Gasteiger charge is -2.22. The van der Waals surface area contributed by atoms with Crippen LogP contribution in [0.15, 0.2) is 41.2 Å². The van der Waals surface area contributed by atoms with Gasteiger partial charge in [-0.3, -0.25) is 4.79 Å². The minimum absolute atomic E-state index is 0.0674. The van der Waals surface area contributed by atoms with E-state index in [4.69, 9.17) is 10.2 Å². The highest BCUT2D eigenvalue weighted by Gasteiger charge is 2.17. The highest BCUT2D eigenvalue weighted by molar-refractivity contribution is 6.00. The number of rotatable bonds is 4. The Bertz CT molecular complexity index is 591. The van der Waals surface area contributed by atoms with Crippen molar-refractivity contribution in [2.75, 3.05) is 31.8 Å². The number of nitrogen functional groups attached to an aromatic ring is 1. The molecule has 0 aliphatic rings. The summed E-state index contributed by atoms with van der Waals surface area (Å²) in [6.07, 6.45) is 3.23. The molecule has 2 rings (SSSR count). The molecule has 2 N–H and O–H groups in total. The molecule has 0 aliphatic heterocycles. The van der Waals surface area contributed by atoms with Crippen molar-refractivity contribution in [1.29, 1.82) is 0 Å². The van der Waals surface area contributed by atoms with Gasteiger partial charge in [-0.1, -0.05) is 0 Å². The minimum atomic E-state index is -0.0674. The van der Waals surface area contributed by atoms with E-state index in [9.17, 15) is 4.79 Å². The van der Waals surface area contributed by atoms with Crippen molar-refractivity contribution in [3.05, 3.63) is 47.9 Å². The number of furan rings is 1. The van der Waals surface area contributed by atoms with Gasteiger partial charge in [-0.25, -0.2) is 0 Å². The smallest absolute Gasteiger partial charge is 0.256 e. The lowest BCUT2D eigenvalue weighted by atomic mass is 10.1. The molecule has 0 unspecified atom stereocenters. The molecule has 1 amide bonds. The SMILES string of the molecule is CN(Cc1ccoc1)C(=O)c1cc(N)ccc1N(C)C. The van der Waals surface area contributed by atoms with Crippen molar-refractivity contribution in [1.82, 2.24) is 4.90 Å². The second-order valence-corrected chi connectivity index (χ2v) is 4.96. The Kier molecular flexibility index (Phi) is 3.98. The summed E-state index contributed by atoms with van der Waals surface area (Å²) in [4.78, 5) is 16.1. The maximum Gasteiger partial charge on any atom is 0.256 e. The maximum atomic E-state index is 12.6. The molecule has 5 nitrogen and oxygen atoms in total. The van der Waals surface area contributed by atoms with Crippen molar-refractivity contribution in [3.8, 4) is 0 Å². The van der Waals surface area contributed by atoms with E-state index in [1.807, 2.05) is 31.1 Å². The fourth-order valence-electron chi connectivity index (χ4n) is 2.05. The second-order valence-electron chi connectivity index (χ2n) is 4.96. The van der Waals surface area contributed by atoms with Crippen LogP contribution in [0.2, 0.25) is 0 Å². The maximum absolute atomic E-state index is 12.6. The van der Waals surface area contributed by atoms with E-state index in [0.29, 0.717) is 17.8 Å². The summed E-state index contributed by atoms with van der Waals surface area (Å²) in [5.74, 6) is -0.0674. The predicted molar refractivity (Wildman–Crippen MR) is 79.7 cm³/mol. The highest BCUT2D eigenvalue weighted by atomic mass is 16.3. The van der Waals surface area contributed by atoms with Gasteiger partial charge in [-0.15, -0.1) is 0 Å². The predicted octanol–water partition coefficient (Wildman–Crippen LogP) is 2.20. The third-order valence-corrected chi connectivity index (χ3v) is 3.08. The number of anilines is 2. The standard InChI is InChI=1S/C15H19N3O2/c1-17(2)14-5-4-12(16)8-13(14)15(19)18(3)9-11-6-7-20-10-11/h4-8,10H,9,16H2,1-3H3. The zero-order valence-corrected chi connectivity index (χ0v) is 12.0. The zero-order valence-electron chi connectivity index (χ0n) is 12.0. The van der Waals surface area contributed by atoms with Gasteiger partial charge >= 0.3 is 0 Å². The Morgan fingerprint density at radius 3 is 2.60 bits per heavy atom. The van der Waals surface area contributed by atoms with Gasteiger partial charge in [-0.2, -0.15) is 0 Å². The van der Waals surface area contributed by atoms with E-state index in [0.717, 1.165) is 11.3 Å². The number of amides is 1. The van der Waals surface area contributed by atoms with Crippen LogP contribution in [0.4, 0.5) is 11.4 Å². The van der Waals surface area contributed by atoms with Gasteiger partial charge in [0.1, 0.15) is 0 Å². The summed E-state index contributed by atoms with van der Waals surface area (Å²) in [6.45, 7) is 0.497. The fraction of sp³-hybridized carbons (Fsp3) is 0.267. The van der Waals surface area contributed by atoms with E-state index >= 15 is 0 Å². The third kappa shape index (κ3) is 2.93. The van der Waals surface area contributed by atoms with Gasteiger partial charge < -0.3 is 20.0 Å². The minimum Gasteiger partial charge on any atom is -0.472 e. The van der Waals surface area contributed by atoms with Crippen LogP contribution in [0.25, 0.3) is 0 Å². The van der Waals surface area contributed by atoms with E-state index in [-0.39, 0.29) is 5.91 Å². The van der Waals surface area contributed by atoms with Gasteiger partial charge in [-0.05, 0) is 24.3 Å². The molecule has 0 bridgehead atoms. The summed E-state index contributed by atoms with van der Waals surface area (Å²) in [7, 11) is 5.56. The van der Waals surface area contributed by atoms with Gasteiger partial charge in [0.2, 0.25) is 0 Å². The molecular formula is C15H19N3O2. The van der Waals surface area contributed by atoms with Crippen molar-refractivity contribution in [3.63, 3.8) is 0 Å². The second kappa shape index (κ2) is 5.69. The number of hydrogen-bond donors (Lipinski definition) is 1. The number of carbonyl (C=O) groups excluding carboxylic acids is 1. The van der Waals surface area contributed by atoms with Crippen molar-refractivity contribution in [2.45, 2.75) is 6.54 Å². The van der Waals surface area contributed by atoms with E-state index in [1.165, 1.54) is 0 Å². The van der Waals surface area contributed by atoms with Gasteiger partial charge in [0.15, 0.2) is 0 Å². The molecule has 2 aromatic rings. The summed E-state index contributed by atoms with van der Waals surface area (Å²) >= 11 is 0. The lowest BCUT2D eigenvalue weighted by molar-refractivity contribution is 0.0785. The van der Waals surface area contributed by atoms with Gasteiger partial charge in [0, 0.05) is 44.6 Å². The number of nitrogens with two attached hydrogens (primary N) is 1. The molecule has 5 heteroatoms. The summed E-state index contributed by atoms with van der Waals surface area (Å²) in [6, 6.07) is 7.20. The number of benzene rings is 1. The van der Waals surface area contributed by atoms with Crippen LogP contribution in [0, 0.1) is 0 Å². The van der Waals surface area contributed by atoms with Crippen LogP contribution in [0.1, 0.15) is 15.9 Å². The van der Waals surface area contributed by atoms with Crippen LogP contribution < -0.4 is 10.6 Å². The number of nitrogens with zero attached hydrogens (tertiary/aromatic N) is 2. The van der Waals surface area contributed by atoms with Crippen molar-refractivity contribution >= 4 is 17.3 Å². The average molecular weight is 273 g/mol. The molecule has 0 saturated heterocycles. The molecule has 1 aromatic carbocycles. The molecule has 0 radical (unpaired) electrons. The molecule has 20 heavy (non-hydrogen) atoms. The molecular weight excluding hydrogens is 254 g/mol.